The summed E-state index contributed by atoms with van der Waals surface area (Å²) in [7, 11) is 1.84. The van der Waals surface area contributed by atoms with Crippen molar-refractivity contribution in [3.8, 4) is 0 Å². The lowest BCUT2D eigenvalue weighted by atomic mass is 9.88. The van der Waals surface area contributed by atoms with Crippen LogP contribution in [0.3, 0.4) is 0 Å². The summed E-state index contributed by atoms with van der Waals surface area (Å²) >= 11 is 0. The second-order valence-corrected chi connectivity index (χ2v) is 4.51. The molecule has 0 unspecified atom stereocenters. The van der Waals surface area contributed by atoms with E-state index in [4.69, 9.17) is 0 Å². The first kappa shape index (κ1) is 11.0. The summed E-state index contributed by atoms with van der Waals surface area (Å²) in [6.07, 6.45) is 0.806. The Bertz CT molecular complexity index is 680. The monoisotopic (exact) mass is 239 g/mol. The molecule has 0 N–H and O–H groups in total. The predicted molar refractivity (Wildman–Crippen MR) is 68.1 cm³/mol. The number of benzene rings is 1. The number of nitrogens with zero attached hydrogens (tertiary/aromatic N) is 1. The molecule has 1 aliphatic carbocycles. The minimum Gasteiger partial charge on any atom is -0.344 e. The normalized spacial score (nSPS) is 13.4. The zero-order valence-electron chi connectivity index (χ0n) is 10.4. The molecule has 3 heteroatoms. The van der Waals surface area contributed by atoms with Crippen molar-refractivity contribution in [2.75, 3.05) is 0 Å². The number of aryl methyl sites for hydroxylation is 1. The van der Waals surface area contributed by atoms with Crippen molar-refractivity contribution in [3.05, 3.63) is 58.4 Å². The Labute approximate surface area is 105 Å². The maximum Gasteiger partial charge on any atom is 0.210 e. The molecule has 1 aromatic heterocycles. The minimum atomic E-state index is -0.0533. The van der Waals surface area contributed by atoms with Crippen molar-refractivity contribution in [2.24, 2.45) is 7.05 Å². The fourth-order valence-corrected chi connectivity index (χ4v) is 2.59. The van der Waals surface area contributed by atoms with Crippen molar-refractivity contribution >= 4 is 11.6 Å². The van der Waals surface area contributed by atoms with Gasteiger partial charge < -0.3 is 4.57 Å². The first-order chi connectivity index (χ1) is 8.65. The Morgan fingerprint density at radius 2 is 1.61 bits per heavy atom. The van der Waals surface area contributed by atoms with Crippen LogP contribution in [0, 0.1) is 0 Å². The van der Waals surface area contributed by atoms with Gasteiger partial charge in [-0.1, -0.05) is 31.2 Å². The zero-order chi connectivity index (χ0) is 12.9. The van der Waals surface area contributed by atoms with Gasteiger partial charge in [0, 0.05) is 23.9 Å². The summed E-state index contributed by atoms with van der Waals surface area (Å²) in [5.41, 5.74) is 3.10. The van der Waals surface area contributed by atoms with Gasteiger partial charge in [-0.3, -0.25) is 9.59 Å². The van der Waals surface area contributed by atoms with E-state index in [2.05, 4.69) is 0 Å². The Morgan fingerprint density at radius 1 is 1.00 bits per heavy atom. The number of fused-ring (bicyclic) bond motifs is 2. The van der Waals surface area contributed by atoms with E-state index in [-0.39, 0.29) is 11.6 Å². The van der Waals surface area contributed by atoms with E-state index in [0.29, 0.717) is 22.4 Å². The maximum atomic E-state index is 12.4. The second-order valence-electron chi connectivity index (χ2n) is 4.51. The average Bonchev–Trinajstić information content (AvgIpc) is 2.73. The topological polar surface area (TPSA) is 39.1 Å². The Morgan fingerprint density at radius 3 is 2.22 bits per heavy atom. The van der Waals surface area contributed by atoms with Crippen LogP contribution in [-0.4, -0.2) is 16.1 Å². The molecule has 90 valence electrons. The summed E-state index contributed by atoms with van der Waals surface area (Å²) < 4.78 is 1.84. The van der Waals surface area contributed by atoms with Gasteiger partial charge in [0.25, 0.3) is 0 Å². The van der Waals surface area contributed by atoms with Crippen LogP contribution >= 0.6 is 0 Å². The molecule has 1 aliphatic rings. The Hall–Kier alpha value is -2.16. The van der Waals surface area contributed by atoms with Gasteiger partial charge in [0.15, 0.2) is 5.78 Å². The first-order valence-corrected chi connectivity index (χ1v) is 6.02. The van der Waals surface area contributed by atoms with Crippen molar-refractivity contribution < 1.29 is 9.59 Å². The number of rotatable bonds is 1. The molecule has 3 nitrogen and oxygen atoms in total. The van der Waals surface area contributed by atoms with Crippen LogP contribution in [0.15, 0.2) is 30.3 Å². The number of hydrogen-bond acceptors (Lipinski definition) is 2. The number of carbonyl (C=O) groups is 2. The fourth-order valence-electron chi connectivity index (χ4n) is 2.59. The summed E-state index contributed by atoms with van der Waals surface area (Å²) in [5.74, 6) is -0.0992. The Balaban J connectivity index is 2.32. The molecule has 0 bridgehead atoms. The van der Waals surface area contributed by atoms with Gasteiger partial charge in [-0.2, -0.15) is 0 Å². The lowest BCUT2D eigenvalue weighted by Gasteiger charge is -2.15. The van der Waals surface area contributed by atoms with Gasteiger partial charge in [0.1, 0.15) is 5.69 Å². The molecule has 0 amide bonds. The van der Waals surface area contributed by atoms with E-state index in [0.717, 1.165) is 12.1 Å². The number of aromatic nitrogens is 1. The van der Waals surface area contributed by atoms with Gasteiger partial charge >= 0.3 is 0 Å². The quantitative estimate of drug-likeness (QED) is 0.654. The van der Waals surface area contributed by atoms with Crippen molar-refractivity contribution in [3.63, 3.8) is 0 Å². The van der Waals surface area contributed by atoms with Crippen LogP contribution in [0.1, 0.15) is 44.6 Å². The lowest BCUT2D eigenvalue weighted by molar-refractivity contribution is 0.0974. The summed E-state index contributed by atoms with van der Waals surface area (Å²) in [6, 6.07) is 8.86. The van der Waals surface area contributed by atoms with Crippen LogP contribution in [0.25, 0.3) is 0 Å². The summed E-state index contributed by atoms with van der Waals surface area (Å²) in [6.45, 7) is 2.02. The molecule has 0 saturated heterocycles. The lowest BCUT2D eigenvalue weighted by Crippen LogP contribution is -2.22. The van der Waals surface area contributed by atoms with E-state index < -0.39 is 0 Å². The molecular weight excluding hydrogens is 226 g/mol. The maximum absolute atomic E-state index is 12.4. The predicted octanol–water partition coefficient (Wildman–Crippen LogP) is 2.36. The highest BCUT2D eigenvalue weighted by molar-refractivity contribution is 6.28. The molecule has 0 fully saturated rings. The largest absolute Gasteiger partial charge is 0.344 e. The van der Waals surface area contributed by atoms with Gasteiger partial charge in [-0.25, -0.2) is 0 Å². The van der Waals surface area contributed by atoms with Crippen molar-refractivity contribution in [1.82, 2.24) is 4.57 Å². The third-order valence-corrected chi connectivity index (χ3v) is 3.57. The number of ketones is 2. The number of carbonyl (C=O) groups excluding carboxylic acids is 2. The van der Waals surface area contributed by atoms with Crippen LogP contribution in [0.5, 0.6) is 0 Å². The van der Waals surface area contributed by atoms with Gasteiger partial charge in [0.2, 0.25) is 5.78 Å². The molecule has 1 aromatic carbocycles. The molecular formula is C15H13NO2. The van der Waals surface area contributed by atoms with E-state index in [1.54, 1.807) is 24.3 Å². The fraction of sp³-hybridized carbons (Fsp3) is 0.200. The molecule has 0 aliphatic heterocycles. The van der Waals surface area contributed by atoms with Crippen molar-refractivity contribution in [2.45, 2.75) is 13.3 Å². The van der Waals surface area contributed by atoms with Gasteiger partial charge in [-0.15, -0.1) is 0 Å². The van der Waals surface area contributed by atoms with Crippen LogP contribution in [-0.2, 0) is 13.5 Å². The zero-order valence-corrected chi connectivity index (χ0v) is 10.4. The number of hydrogen-bond donors (Lipinski definition) is 0. The first-order valence-electron chi connectivity index (χ1n) is 6.02. The molecule has 0 spiro atoms. The van der Waals surface area contributed by atoms with Gasteiger partial charge in [0.05, 0.1) is 5.56 Å². The highest BCUT2D eigenvalue weighted by Gasteiger charge is 2.32. The van der Waals surface area contributed by atoms with Crippen molar-refractivity contribution in [1.29, 1.82) is 0 Å². The summed E-state index contributed by atoms with van der Waals surface area (Å²) in [5, 5.41) is 0. The minimum absolute atomic E-state index is 0.0458. The van der Waals surface area contributed by atoms with E-state index in [1.807, 2.05) is 24.6 Å². The average molecular weight is 239 g/mol. The van der Waals surface area contributed by atoms with E-state index >= 15 is 0 Å². The van der Waals surface area contributed by atoms with E-state index in [1.165, 1.54) is 0 Å². The highest BCUT2D eigenvalue weighted by Crippen LogP contribution is 2.29. The van der Waals surface area contributed by atoms with E-state index in [9.17, 15) is 9.59 Å². The third kappa shape index (κ3) is 1.24. The molecule has 0 radical (unpaired) electrons. The second kappa shape index (κ2) is 3.67. The molecule has 2 aromatic rings. The van der Waals surface area contributed by atoms with Crippen LogP contribution in [0.2, 0.25) is 0 Å². The van der Waals surface area contributed by atoms with Gasteiger partial charge in [-0.05, 0) is 12.5 Å². The molecule has 18 heavy (non-hydrogen) atoms. The molecule has 0 saturated carbocycles. The highest BCUT2D eigenvalue weighted by atomic mass is 16.1. The molecule has 1 heterocycles. The third-order valence-electron chi connectivity index (χ3n) is 3.57. The standard InChI is InChI=1S/C15H13NO2/c1-3-9-8-12-13(16(9)2)15(18)11-7-5-4-6-10(11)14(12)17/h4-8H,3H2,1-2H3. The smallest absolute Gasteiger partial charge is 0.210 e. The summed E-state index contributed by atoms with van der Waals surface area (Å²) in [4.78, 5) is 24.8. The van der Waals surface area contributed by atoms with Crippen LogP contribution < -0.4 is 0 Å². The Kier molecular flexibility index (Phi) is 2.23. The SMILES string of the molecule is CCc1cc2c(n1C)C(=O)c1ccccc1C2=O. The van der Waals surface area contributed by atoms with Crippen LogP contribution in [0.4, 0.5) is 0 Å². The molecule has 0 atom stereocenters. The molecule has 3 rings (SSSR count).